The monoisotopic (exact) mass is 421 g/mol. The molecule has 2 aromatic rings. The molecule has 0 unspecified atom stereocenters. The lowest BCUT2D eigenvalue weighted by Crippen LogP contribution is -2.33. The van der Waals surface area contributed by atoms with Crippen LogP contribution in [0.15, 0.2) is 66.2 Å². The van der Waals surface area contributed by atoms with Crippen molar-refractivity contribution in [2.45, 2.75) is 38.4 Å². The molecule has 1 N–H and O–H groups in total. The van der Waals surface area contributed by atoms with E-state index in [1.165, 1.54) is 17.3 Å². The number of hydrogen-bond acceptors (Lipinski definition) is 4. The van der Waals surface area contributed by atoms with Crippen LogP contribution in [-0.2, 0) is 9.59 Å². The molecule has 3 rings (SSSR count). The number of benzene rings is 2. The molecule has 5 nitrogen and oxygen atoms in total. The summed E-state index contributed by atoms with van der Waals surface area (Å²) in [5, 5.41) is 2.99. The van der Waals surface area contributed by atoms with E-state index in [0.29, 0.717) is 17.6 Å². The zero-order valence-electron chi connectivity index (χ0n) is 17.6. The number of anilines is 1. The first-order chi connectivity index (χ1) is 14.4. The van der Waals surface area contributed by atoms with Crippen molar-refractivity contribution in [3.8, 4) is 0 Å². The van der Waals surface area contributed by atoms with Crippen LogP contribution < -0.4 is 5.32 Å². The molecule has 0 saturated carbocycles. The van der Waals surface area contributed by atoms with E-state index in [-0.39, 0.29) is 18.2 Å². The zero-order chi connectivity index (χ0) is 21.7. The third-order valence-corrected chi connectivity index (χ3v) is 6.00. The number of amidine groups is 1. The highest BCUT2D eigenvalue weighted by Crippen LogP contribution is 2.32. The van der Waals surface area contributed by atoms with E-state index in [2.05, 4.69) is 30.7 Å². The second-order valence-electron chi connectivity index (χ2n) is 7.60. The molecule has 1 aliphatic heterocycles. The predicted octanol–water partition coefficient (Wildman–Crippen LogP) is 5.26. The third-order valence-electron chi connectivity index (χ3n) is 4.82. The number of aliphatic imine (C=N–C) groups is 1. The van der Waals surface area contributed by atoms with Crippen LogP contribution in [0.5, 0.6) is 0 Å². The second kappa shape index (κ2) is 9.76. The molecule has 1 atom stereocenters. The van der Waals surface area contributed by atoms with Crippen molar-refractivity contribution in [3.05, 3.63) is 72.3 Å². The minimum atomic E-state index is -0.496. The molecule has 0 aromatic heterocycles. The summed E-state index contributed by atoms with van der Waals surface area (Å²) in [5.74, 6) is 0.133. The highest BCUT2D eigenvalue weighted by molar-refractivity contribution is 8.15. The Morgan fingerprint density at radius 1 is 1.20 bits per heavy atom. The van der Waals surface area contributed by atoms with Gasteiger partial charge in [0, 0.05) is 18.7 Å². The summed E-state index contributed by atoms with van der Waals surface area (Å²) in [4.78, 5) is 31.6. The van der Waals surface area contributed by atoms with Gasteiger partial charge in [0.2, 0.25) is 11.8 Å². The van der Waals surface area contributed by atoms with E-state index < -0.39 is 5.25 Å². The fourth-order valence-corrected chi connectivity index (χ4v) is 4.25. The van der Waals surface area contributed by atoms with Crippen LogP contribution in [0.25, 0.3) is 0 Å². The molecule has 1 fully saturated rings. The molecule has 2 amide bonds. The Hall–Kier alpha value is -2.86. The van der Waals surface area contributed by atoms with Crippen LogP contribution in [0.4, 0.5) is 11.4 Å². The molecular formula is C24H27N3O2S. The van der Waals surface area contributed by atoms with Gasteiger partial charge in [0.05, 0.1) is 5.69 Å². The highest BCUT2D eigenvalue weighted by atomic mass is 32.2. The van der Waals surface area contributed by atoms with Crippen molar-refractivity contribution in [2.75, 3.05) is 11.9 Å². The number of aryl methyl sites for hydroxylation is 1. The number of nitrogens with zero attached hydrogens (tertiary/aromatic N) is 2. The molecule has 1 heterocycles. The molecule has 1 aliphatic rings. The van der Waals surface area contributed by atoms with Crippen molar-refractivity contribution < 1.29 is 9.59 Å². The Bertz CT molecular complexity index is 949. The van der Waals surface area contributed by atoms with Crippen molar-refractivity contribution in [2.24, 2.45) is 4.99 Å². The summed E-state index contributed by atoms with van der Waals surface area (Å²) in [6, 6.07) is 15.6. The minimum absolute atomic E-state index is 0.0932. The van der Waals surface area contributed by atoms with Crippen LogP contribution in [0.1, 0.15) is 37.3 Å². The first kappa shape index (κ1) is 21.8. The fraction of sp³-hybridized carbons (Fsp3) is 0.292. The van der Waals surface area contributed by atoms with Crippen LogP contribution in [0.2, 0.25) is 0 Å². The van der Waals surface area contributed by atoms with E-state index in [4.69, 9.17) is 0 Å². The molecule has 156 valence electrons. The minimum Gasteiger partial charge on any atom is -0.326 e. The topological polar surface area (TPSA) is 61.8 Å². The van der Waals surface area contributed by atoms with Gasteiger partial charge in [-0.2, -0.15) is 0 Å². The molecule has 2 aromatic carbocycles. The van der Waals surface area contributed by atoms with Crippen molar-refractivity contribution in [1.82, 2.24) is 4.90 Å². The lowest BCUT2D eigenvalue weighted by molar-refractivity contribution is -0.127. The number of amides is 2. The molecule has 1 saturated heterocycles. The summed E-state index contributed by atoms with van der Waals surface area (Å²) in [6.07, 6.45) is 1.76. The van der Waals surface area contributed by atoms with Gasteiger partial charge in [0.1, 0.15) is 5.25 Å². The molecule has 6 heteroatoms. The number of carbonyl (C=O) groups is 2. The highest BCUT2D eigenvalue weighted by Gasteiger charge is 2.38. The van der Waals surface area contributed by atoms with Crippen molar-refractivity contribution >= 4 is 40.1 Å². The molecule has 0 aliphatic carbocycles. The molecule has 0 bridgehead atoms. The van der Waals surface area contributed by atoms with E-state index in [1.807, 2.05) is 55.5 Å². The predicted molar refractivity (Wildman–Crippen MR) is 125 cm³/mol. The zero-order valence-corrected chi connectivity index (χ0v) is 18.4. The summed E-state index contributed by atoms with van der Waals surface area (Å²) in [7, 11) is 0. The van der Waals surface area contributed by atoms with Gasteiger partial charge < -0.3 is 5.32 Å². The summed E-state index contributed by atoms with van der Waals surface area (Å²) < 4.78 is 0. The Balaban J connectivity index is 1.69. The van der Waals surface area contributed by atoms with Gasteiger partial charge in [-0.1, -0.05) is 61.5 Å². The number of thioether (sulfide) groups is 1. The largest absolute Gasteiger partial charge is 0.326 e. The maximum absolute atomic E-state index is 12.9. The summed E-state index contributed by atoms with van der Waals surface area (Å²) >= 11 is 1.33. The van der Waals surface area contributed by atoms with E-state index in [1.54, 1.807) is 11.0 Å². The maximum Gasteiger partial charge on any atom is 0.242 e. The van der Waals surface area contributed by atoms with Gasteiger partial charge >= 0.3 is 0 Å². The SMILES string of the molecule is C=CCN1C(=O)[C@H](CC(=O)Nc2ccc(C(C)C)cc2)SC1=Nc1ccc(C)cc1. The number of hydrogen-bond donors (Lipinski definition) is 1. The molecular weight excluding hydrogens is 394 g/mol. The Kier molecular flexibility index (Phi) is 7.11. The lowest BCUT2D eigenvalue weighted by atomic mass is 10.0. The first-order valence-electron chi connectivity index (χ1n) is 10.0. The van der Waals surface area contributed by atoms with Crippen LogP contribution in [-0.4, -0.2) is 33.7 Å². The number of carbonyl (C=O) groups excluding carboxylic acids is 2. The van der Waals surface area contributed by atoms with Gasteiger partial charge in [0.25, 0.3) is 0 Å². The standard InChI is InChI=1S/C24H27N3O2S/c1-5-14-27-23(29)21(30-24(27)26-20-10-6-17(4)7-11-20)15-22(28)25-19-12-8-18(9-13-19)16(2)3/h5-13,16,21H,1,14-15H2,2-4H3,(H,25,28)/t21-/m0/s1. The van der Waals surface area contributed by atoms with Gasteiger partial charge in [-0.25, -0.2) is 4.99 Å². The fourth-order valence-electron chi connectivity index (χ4n) is 3.08. The van der Waals surface area contributed by atoms with Crippen LogP contribution >= 0.6 is 11.8 Å². The quantitative estimate of drug-likeness (QED) is 0.620. The van der Waals surface area contributed by atoms with Crippen molar-refractivity contribution in [1.29, 1.82) is 0 Å². The third kappa shape index (κ3) is 5.39. The Morgan fingerprint density at radius 2 is 1.87 bits per heavy atom. The number of nitrogens with one attached hydrogen (secondary N) is 1. The van der Waals surface area contributed by atoms with Crippen LogP contribution in [0, 0.1) is 6.92 Å². The van der Waals surface area contributed by atoms with E-state index >= 15 is 0 Å². The summed E-state index contributed by atoms with van der Waals surface area (Å²) in [5.41, 5.74) is 3.87. The average molecular weight is 422 g/mol. The second-order valence-corrected chi connectivity index (χ2v) is 8.77. The Morgan fingerprint density at radius 3 is 2.47 bits per heavy atom. The normalized spacial score (nSPS) is 17.6. The van der Waals surface area contributed by atoms with Gasteiger partial charge in [-0.3, -0.25) is 14.5 Å². The first-order valence-corrected chi connectivity index (χ1v) is 10.9. The average Bonchev–Trinajstić information content (AvgIpc) is 2.99. The lowest BCUT2D eigenvalue weighted by Gasteiger charge is -2.14. The molecule has 0 radical (unpaired) electrons. The number of rotatable bonds is 7. The Labute approximate surface area is 182 Å². The molecule has 30 heavy (non-hydrogen) atoms. The molecule has 0 spiro atoms. The van der Waals surface area contributed by atoms with E-state index in [9.17, 15) is 9.59 Å². The van der Waals surface area contributed by atoms with Gasteiger partial charge in [-0.05, 0) is 42.7 Å². The van der Waals surface area contributed by atoms with Crippen LogP contribution in [0.3, 0.4) is 0 Å². The smallest absolute Gasteiger partial charge is 0.242 e. The van der Waals surface area contributed by atoms with Gasteiger partial charge in [0.15, 0.2) is 5.17 Å². The summed E-state index contributed by atoms with van der Waals surface area (Å²) in [6.45, 7) is 10.4. The van der Waals surface area contributed by atoms with Crippen molar-refractivity contribution in [3.63, 3.8) is 0 Å². The van der Waals surface area contributed by atoms with Gasteiger partial charge in [-0.15, -0.1) is 6.58 Å². The van der Waals surface area contributed by atoms with E-state index in [0.717, 1.165) is 16.9 Å². The maximum atomic E-state index is 12.9.